The number of hydrogen-bond donors (Lipinski definition) is 1. The van der Waals surface area contributed by atoms with Gasteiger partial charge in [0, 0.05) is 36.6 Å². The summed E-state index contributed by atoms with van der Waals surface area (Å²) in [7, 11) is 0. The molecule has 6 heteroatoms. The Kier molecular flexibility index (Phi) is 5.80. The van der Waals surface area contributed by atoms with Crippen molar-refractivity contribution in [1.29, 1.82) is 0 Å². The van der Waals surface area contributed by atoms with E-state index in [0.29, 0.717) is 18.5 Å². The van der Waals surface area contributed by atoms with Gasteiger partial charge in [-0.05, 0) is 38.0 Å². The largest absolute Gasteiger partial charge is 0.353 e. The number of amides is 1. The molecule has 2 aliphatic carbocycles. The number of carbonyl (C=O) groups excluding carboxylic acids is 1. The Balaban J connectivity index is 1.23. The quantitative estimate of drug-likeness (QED) is 0.840. The molecule has 2 aromatic rings. The second-order valence-electron chi connectivity index (χ2n) is 8.06. The third-order valence-electron chi connectivity index (χ3n) is 6.15. The van der Waals surface area contributed by atoms with Crippen molar-refractivity contribution in [3.63, 3.8) is 0 Å². The average Bonchev–Trinajstić information content (AvgIpc) is 3.40. The first-order valence-corrected chi connectivity index (χ1v) is 10.4. The zero-order valence-electron chi connectivity index (χ0n) is 15.9. The van der Waals surface area contributed by atoms with Gasteiger partial charge >= 0.3 is 0 Å². The zero-order chi connectivity index (χ0) is 18.5. The van der Waals surface area contributed by atoms with Crippen LogP contribution in [0.2, 0.25) is 0 Å². The third kappa shape index (κ3) is 4.73. The maximum atomic E-state index is 12.2. The maximum Gasteiger partial charge on any atom is 0.220 e. The highest BCUT2D eigenvalue weighted by atomic mass is 16.1. The highest BCUT2D eigenvalue weighted by Crippen LogP contribution is 2.30. The minimum Gasteiger partial charge on any atom is -0.353 e. The Bertz CT molecular complexity index is 730. The van der Waals surface area contributed by atoms with Crippen molar-refractivity contribution >= 4 is 5.91 Å². The lowest BCUT2D eigenvalue weighted by Crippen LogP contribution is -2.38. The Morgan fingerprint density at radius 3 is 2.63 bits per heavy atom. The molecule has 2 heterocycles. The fraction of sp³-hybridized carbons (Fsp3) is 0.619. The van der Waals surface area contributed by atoms with Crippen LogP contribution in [0, 0.1) is 5.92 Å². The second-order valence-corrected chi connectivity index (χ2v) is 8.06. The Morgan fingerprint density at radius 2 is 1.89 bits per heavy atom. The Hall–Kier alpha value is -2.24. The molecule has 1 N–H and O–H groups in total. The normalized spacial score (nSPS) is 23.4. The first-order chi connectivity index (χ1) is 13.3. The smallest absolute Gasteiger partial charge is 0.220 e. The average molecular weight is 367 g/mol. The summed E-state index contributed by atoms with van der Waals surface area (Å²) in [6.45, 7) is 0. The Labute approximate surface area is 160 Å². The van der Waals surface area contributed by atoms with E-state index in [2.05, 4.69) is 31.3 Å². The van der Waals surface area contributed by atoms with E-state index in [1.54, 1.807) is 18.6 Å². The lowest BCUT2D eigenvalue weighted by Gasteiger charge is -2.29. The molecule has 1 amide bonds. The number of nitrogens with one attached hydrogen (secondary N) is 1. The summed E-state index contributed by atoms with van der Waals surface area (Å²) in [6, 6.07) is 0.731. The topological polar surface area (TPSA) is 72.7 Å². The molecule has 2 saturated carbocycles. The summed E-state index contributed by atoms with van der Waals surface area (Å²) < 4.78 is 2.06. The van der Waals surface area contributed by atoms with Crippen LogP contribution in [0.25, 0.3) is 11.3 Å². The van der Waals surface area contributed by atoms with Gasteiger partial charge in [0.05, 0.1) is 24.1 Å². The molecule has 0 bridgehead atoms. The fourth-order valence-electron chi connectivity index (χ4n) is 4.54. The van der Waals surface area contributed by atoms with Gasteiger partial charge in [0.15, 0.2) is 0 Å². The highest BCUT2D eigenvalue weighted by Gasteiger charge is 2.24. The Morgan fingerprint density at radius 1 is 1.07 bits per heavy atom. The molecule has 0 unspecified atom stereocenters. The van der Waals surface area contributed by atoms with Crippen LogP contribution in [0.5, 0.6) is 0 Å². The van der Waals surface area contributed by atoms with Crippen LogP contribution in [0.1, 0.15) is 70.3 Å². The lowest BCUT2D eigenvalue weighted by atomic mass is 9.91. The SMILES string of the molecule is O=C(CCC1CCCC1)NC1CCC(n2cc(-c3cnccn3)cn2)CC1. The lowest BCUT2D eigenvalue weighted by molar-refractivity contribution is -0.122. The van der Waals surface area contributed by atoms with Crippen LogP contribution < -0.4 is 5.32 Å². The number of aromatic nitrogens is 4. The van der Waals surface area contributed by atoms with E-state index in [-0.39, 0.29) is 5.91 Å². The predicted octanol–water partition coefficient (Wildman–Crippen LogP) is 3.91. The predicted molar refractivity (Wildman–Crippen MR) is 104 cm³/mol. The molecule has 2 fully saturated rings. The van der Waals surface area contributed by atoms with Gasteiger partial charge in [-0.3, -0.25) is 19.4 Å². The molecule has 4 rings (SSSR count). The molecule has 0 aromatic carbocycles. The molecule has 2 aliphatic rings. The van der Waals surface area contributed by atoms with Crippen LogP contribution in [0.15, 0.2) is 31.0 Å². The van der Waals surface area contributed by atoms with Gasteiger partial charge < -0.3 is 5.32 Å². The summed E-state index contributed by atoms with van der Waals surface area (Å²) in [4.78, 5) is 20.7. The summed E-state index contributed by atoms with van der Waals surface area (Å²) in [5, 5.41) is 7.80. The van der Waals surface area contributed by atoms with Gasteiger partial charge in [0.25, 0.3) is 0 Å². The molecule has 0 atom stereocenters. The van der Waals surface area contributed by atoms with Crippen molar-refractivity contribution in [1.82, 2.24) is 25.1 Å². The standard InChI is InChI=1S/C21H29N5O/c27-21(10-5-16-3-1-2-4-16)25-18-6-8-19(9-7-18)26-15-17(13-24-26)20-14-22-11-12-23-20/h11-16,18-19H,1-10H2,(H,25,27). The molecule has 2 aromatic heterocycles. The zero-order valence-corrected chi connectivity index (χ0v) is 15.9. The van der Waals surface area contributed by atoms with Crippen LogP contribution in [-0.2, 0) is 4.79 Å². The monoisotopic (exact) mass is 367 g/mol. The number of rotatable bonds is 6. The number of hydrogen-bond acceptors (Lipinski definition) is 4. The van der Waals surface area contributed by atoms with Crippen LogP contribution in [-0.4, -0.2) is 31.7 Å². The molecule has 144 valence electrons. The summed E-state index contributed by atoms with van der Waals surface area (Å²) >= 11 is 0. The van der Waals surface area contributed by atoms with E-state index >= 15 is 0 Å². The number of carbonyl (C=O) groups is 1. The van der Waals surface area contributed by atoms with E-state index in [0.717, 1.165) is 49.3 Å². The van der Waals surface area contributed by atoms with Crippen molar-refractivity contribution in [3.05, 3.63) is 31.0 Å². The van der Waals surface area contributed by atoms with Crippen molar-refractivity contribution in [2.45, 2.75) is 76.3 Å². The maximum absolute atomic E-state index is 12.2. The molecule has 0 radical (unpaired) electrons. The van der Waals surface area contributed by atoms with E-state index in [1.807, 2.05) is 6.20 Å². The molecule has 0 aliphatic heterocycles. The van der Waals surface area contributed by atoms with Gasteiger partial charge in [-0.25, -0.2) is 0 Å². The van der Waals surface area contributed by atoms with Gasteiger partial charge in [-0.2, -0.15) is 5.10 Å². The van der Waals surface area contributed by atoms with Crippen molar-refractivity contribution < 1.29 is 4.79 Å². The molecule has 0 spiro atoms. The van der Waals surface area contributed by atoms with Gasteiger partial charge in [0.1, 0.15) is 0 Å². The fourth-order valence-corrected chi connectivity index (χ4v) is 4.54. The molecule has 6 nitrogen and oxygen atoms in total. The van der Waals surface area contributed by atoms with E-state index < -0.39 is 0 Å². The first-order valence-electron chi connectivity index (χ1n) is 10.4. The van der Waals surface area contributed by atoms with Crippen molar-refractivity contribution in [2.75, 3.05) is 0 Å². The van der Waals surface area contributed by atoms with E-state index in [4.69, 9.17) is 0 Å². The van der Waals surface area contributed by atoms with Crippen molar-refractivity contribution in [3.8, 4) is 11.3 Å². The highest BCUT2D eigenvalue weighted by molar-refractivity contribution is 5.76. The molecule has 27 heavy (non-hydrogen) atoms. The minimum atomic E-state index is 0.245. The van der Waals surface area contributed by atoms with Crippen molar-refractivity contribution in [2.24, 2.45) is 5.92 Å². The summed E-state index contributed by atoms with van der Waals surface area (Å²) in [5.74, 6) is 1.03. The molecular formula is C21H29N5O. The second kappa shape index (κ2) is 8.63. The third-order valence-corrected chi connectivity index (χ3v) is 6.15. The van der Waals surface area contributed by atoms with Crippen LogP contribution in [0.3, 0.4) is 0 Å². The van der Waals surface area contributed by atoms with Gasteiger partial charge in [-0.1, -0.05) is 25.7 Å². The van der Waals surface area contributed by atoms with Crippen LogP contribution in [0.4, 0.5) is 0 Å². The first kappa shape index (κ1) is 18.1. The summed E-state index contributed by atoms with van der Waals surface area (Å²) in [5.41, 5.74) is 1.86. The van der Waals surface area contributed by atoms with Gasteiger partial charge in [0.2, 0.25) is 5.91 Å². The van der Waals surface area contributed by atoms with Crippen LogP contribution >= 0.6 is 0 Å². The van der Waals surface area contributed by atoms with Gasteiger partial charge in [-0.15, -0.1) is 0 Å². The van der Waals surface area contributed by atoms with E-state index in [1.165, 1.54) is 25.7 Å². The molecular weight excluding hydrogens is 338 g/mol. The number of nitrogens with zero attached hydrogens (tertiary/aromatic N) is 4. The van der Waals surface area contributed by atoms with E-state index in [9.17, 15) is 4.79 Å². The summed E-state index contributed by atoms with van der Waals surface area (Å²) in [6.07, 6.45) is 20.3. The minimum absolute atomic E-state index is 0.245. The molecule has 0 saturated heterocycles.